The lowest BCUT2D eigenvalue weighted by molar-refractivity contribution is 0.103. The molecule has 1 fully saturated rings. The van der Waals surface area contributed by atoms with Crippen LogP contribution < -0.4 is 10.2 Å². The van der Waals surface area contributed by atoms with Crippen molar-refractivity contribution in [2.75, 3.05) is 16.8 Å². The molecular weight excluding hydrogens is 380 g/mol. The molecule has 4 rings (SSSR count). The minimum atomic E-state index is -0.143. The number of halogens is 1. The number of aryl methyl sites for hydroxylation is 1. The summed E-state index contributed by atoms with van der Waals surface area (Å²) >= 11 is 7.43. The molecule has 27 heavy (non-hydrogen) atoms. The van der Waals surface area contributed by atoms with Crippen molar-refractivity contribution in [3.63, 3.8) is 0 Å². The highest BCUT2D eigenvalue weighted by Crippen LogP contribution is 2.37. The van der Waals surface area contributed by atoms with Gasteiger partial charge in [0.15, 0.2) is 0 Å². The lowest BCUT2D eigenvalue weighted by Crippen LogP contribution is -2.38. The highest BCUT2D eigenvalue weighted by Gasteiger charge is 2.25. The number of carbonyl (C=O) groups is 1. The molecule has 1 saturated heterocycles. The predicted molar refractivity (Wildman–Crippen MR) is 112 cm³/mol. The van der Waals surface area contributed by atoms with Crippen molar-refractivity contribution < 1.29 is 4.79 Å². The molecule has 0 saturated carbocycles. The minimum Gasteiger partial charge on any atom is -0.353 e. The quantitative estimate of drug-likeness (QED) is 0.649. The number of fused-ring (bicyclic) bond motifs is 1. The van der Waals surface area contributed by atoms with Crippen LogP contribution in [0.5, 0.6) is 0 Å². The second-order valence-electron chi connectivity index (χ2n) is 6.94. The van der Waals surface area contributed by atoms with Gasteiger partial charge >= 0.3 is 0 Å². The zero-order valence-corrected chi connectivity index (χ0v) is 16.9. The van der Waals surface area contributed by atoms with E-state index >= 15 is 0 Å². The summed E-state index contributed by atoms with van der Waals surface area (Å²) in [7, 11) is 0. The number of hydrogen-bond acceptors (Lipinski definition) is 5. The van der Waals surface area contributed by atoms with Gasteiger partial charge in [-0.05, 0) is 56.9 Å². The first-order valence-corrected chi connectivity index (χ1v) is 10.3. The van der Waals surface area contributed by atoms with Crippen LogP contribution in [0.3, 0.4) is 0 Å². The molecule has 0 bridgehead atoms. The summed E-state index contributed by atoms with van der Waals surface area (Å²) in [5, 5.41) is 4.52. The summed E-state index contributed by atoms with van der Waals surface area (Å²) in [4.78, 5) is 25.7. The second kappa shape index (κ2) is 7.44. The van der Waals surface area contributed by atoms with E-state index in [1.165, 1.54) is 24.2 Å². The molecule has 0 aliphatic carbocycles. The predicted octanol–water partition coefficient (Wildman–Crippen LogP) is 5.28. The van der Waals surface area contributed by atoms with Crippen molar-refractivity contribution in [2.24, 2.45) is 0 Å². The first-order valence-electron chi connectivity index (χ1n) is 9.12. The molecule has 3 heterocycles. The van der Waals surface area contributed by atoms with Crippen LogP contribution in [0, 0.1) is 6.92 Å². The van der Waals surface area contributed by atoms with Crippen molar-refractivity contribution in [2.45, 2.75) is 39.2 Å². The monoisotopic (exact) mass is 400 g/mol. The Hall–Kier alpha value is -2.18. The number of carbonyl (C=O) groups excluding carboxylic acids is 1. The average Bonchev–Trinajstić information content (AvgIpc) is 2.99. The van der Waals surface area contributed by atoms with Crippen LogP contribution >= 0.6 is 22.9 Å². The molecule has 0 unspecified atom stereocenters. The molecule has 140 valence electrons. The van der Waals surface area contributed by atoms with E-state index in [2.05, 4.69) is 27.1 Å². The number of hydrogen-bond donors (Lipinski definition) is 1. The van der Waals surface area contributed by atoms with Gasteiger partial charge in [-0.15, -0.1) is 11.3 Å². The Bertz CT molecular complexity index is 1000. The van der Waals surface area contributed by atoms with Gasteiger partial charge in [-0.2, -0.15) is 0 Å². The zero-order chi connectivity index (χ0) is 19.0. The van der Waals surface area contributed by atoms with E-state index in [4.69, 9.17) is 11.6 Å². The Morgan fingerprint density at radius 1 is 1.33 bits per heavy atom. The third-order valence-corrected chi connectivity index (χ3v) is 6.50. The summed E-state index contributed by atoms with van der Waals surface area (Å²) in [5.41, 5.74) is 1.61. The standard InChI is InChI=1S/C20H21ClN4OS/c1-12-6-3-4-9-25(12)18-16-13(2)17(27-20(16)23-11-22-18)19(26)24-15-8-5-7-14(21)10-15/h5,7-8,10-12H,3-4,6,9H2,1-2H3,(H,24,26)/t12-/m1/s1. The van der Waals surface area contributed by atoms with Crippen molar-refractivity contribution in [3.05, 3.63) is 46.1 Å². The number of thiophene rings is 1. The van der Waals surface area contributed by atoms with Crippen molar-refractivity contribution in [1.29, 1.82) is 0 Å². The summed E-state index contributed by atoms with van der Waals surface area (Å²) < 4.78 is 0. The molecule has 0 spiro atoms. The van der Waals surface area contributed by atoms with E-state index < -0.39 is 0 Å². The highest BCUT2D eigenvalue weighted by atomic mass is 35.5. The first-order chi connectivity index (χ1) is 13.0. The van der Waals surface area contributed by atoms with Gasteiger partial charge in [0.1, 0.15) is 17.0 Å². The van der Waals surface area contributed by atoms with Crippen LogP contribution in [0.1, 0.15) is 41.4 Å². The van der Waals surface area contributed by atoms with Gasteiger partial charge in [0, 0.05) is 23.3 Å². The number of anilines is 2. The molecule has 1 aliphatic rings. The average molecular weight is 401 g/mol. The van der Waals surface area contributed by atoms with Gasteiger partial charge < -0.3 is 10.2 Å². The van der Waals surface area contributed by atoms with Crippen LogP contribution in [0.4, 0.5) is 11.5 Å². The third kappa shape index (κ3) is 3.51. The van der Waals surface area contributed by atoms with E-state index in [9.17, 15) is 4.79 Å². The number of aromatic nitrogens is 2. The maximum absolute atomic E-state index is 12.9. The molecule has 1 aromatic carbocycles. The van der Waals surface area contributed by atoms with Crippen LogP contribution in [0.2, 0.25) is 5.02 Å². The van der Waals surface area contributed by atoms with Gasteiger partial charge in [0.05, 0.1) is 10.3 Å². The molecular formula is C20H21ClN4OS. The molecule has 3 aromatic rings. The van der Waals surface area contributed by atoms with Crippen LogP contribution in [-0.4, -0.2) is 28.5 Å². The second-order valence-corrected chi connectivity index (χ2v) is 8.37. The fourth-order valence-corrected chi connectivity index (χ4v) is 4.88. The lowest BCUT2D eigenvalue weighted by atomic mass is 10.0. The molecule has 0 radical (unpaired) electrons. The van der Waals surface area contributed by atoms with E-state index in [0.29, 0.717) is 21.6 Å². The SMILES string of the molecule is Cc1c(C(=O)Nc2cccc(Cl)c2)sc2ncnc(N3CCCC[C@H]3C)c12. The van der Waals surface area contributed by atoms with Crippen molar-refractivity contribution in [1.82, 2.24) is 9.97 Å². The molecule has 1 aliphatic heterocycles. The van der Waals surface area contributed by atoms with E-state index in [-0.39, 0.29) is 5.91 Å². The van der Waals surface area contributed by atoms with Gasteiger partial charge in [-0.25, -0.2) is 9.97 Å². The Balaban J connectivity index is 1.71. The van der Waals surface area contributed by atoms with Gasteiger partial charge in [-0.3, -0.25) is 4.79 Å². The van der Waals surface area contributed by atoms with Crippen LogP contribution in [-0.2, 0) is 0 Å². The fraction of sp³-hybridized carbons (Fsp3) is 0.350. The Kier molecular flexibility index (Phi) is 5.02. The Morgan fingerprint density at radius 3 is 2.96 bits per heavy atom. The highest BCUT2D eigenvalue weighted by molar-refractivity contribution is 7.20. The largest absolute Gasteiger partial charge is 0.353 e. The summed E-state index contributed by atoms with van der Waals surface area (Å²) in [5.74, 6) is 0.804. The van der Waals surface area contributed by atoms with Crippen LogP contribution in [0.15, 0.2) is 30.6 Å². The number of nitrogens with one attached hydrogen (secondary N) is 1. The number of piperidine rings is 1. The summed E-state index contributed by atoms with van der Waals surface area (Å²) in [6.45, 7) is 5.21. The third-order valence-electron chi connectivity index (χ3n) is 5.07. The summed E-state index contributed by atoms with van der Waals surface area (Å²) in [6.07, 6.45) is 5.19. The molecule has 1 N–H and O–H groups in total. The minimum absolute atomic E-state index is 0.143. The normalized spacial score (nSPS) is 17.3. The number of rotatable bonds is 3. The van der Waals surface area contributed by atoms with Crippen molar-refractivity contribution in [3.8, 4) is 0 Å². The topological polar surface area (TPSA) is 58.1 Å². The van der Waals surface area contributed by atoms with E-state index in [1.54, 1.807) is 18.5 Å². The first kappa shape index (κ1) is 18.2. The maximum atomic E-state index is 12.9. The molecule has 7 heteroatoms. The lowest BCUT2D eigenvalue weighted by Gasteiger charge is -2.34. The van der Waals surface area contributed by atoms with Gasteiger partial charge in [0.2, 0.25) is 0 Å². The smallest absolute Gasteiger partial charge is 0.266 e. The molecule has 5 nitrogen and oxygen atoms in total. The van der Waals surface area contributed by atoms with E-state index in [1.807, 2.05) is 19.1 Å². The molecule has 1 amide bonds. The maximum Gasteiger partial charge on any atom is 0.266 e. The molecule has 2 aromatic heterocycles. The zero-order valence-electron chi connectivity index (χ0n) is 15.3. The van der Waals surface area contributed by atoms with Gasteiger partial charge in [-0.1, -0.05) is 17.7 Å². The summed E-state index contributed by atoms with van der Waals surface area (Å²) in [6, 6.07) is 7.61. The number of nitrogens with zero attached hydrogens (tertiary/aromatic N) is 3. The Morgan fingerprint density at radius 2 is 2.19 bits per heavy atom. The Labute approximate surface area is 167 Å². The number of benzene rings is 1. The van der Waals surface area contributed by atoms with Gasteiger partial charge in [0.25, 0.3) is 5.91 Å². The molecule has 1 atom stereocenters. The van der Waals surface area contributed by atoms with Crippen LogP contribution in [0.25, 0.3) is 10.2 Å². The fourth-order valence-electron chi connectivity index (χ4n) is 3.65. The number of amides is 1. The van der Waals surface area contributed by atoms with E-state index in [0.717, 1.165) is 34.6 Å². The van der Waals surface area contributed by atoms with Crippen molar-refractivity contribution >= 4 is 50.6 Å².